The number of aromatic nitrogens is 1. The zero-order valence-electron chi connectivity index (χ0n) is 7.60. The van der Waals surface area contributed by atoms with Crippen LogP contribution in [0, 0.1) is 0 Å². The fourth-order valence-corrected chi connectivity index (χ4v) is 1.44. The highest BCUT2D eigenvalue weighted by Crippen LogP contribution is 2.10. The second-order valence-electron chi connectivity index (χ2n) is 3.27. The Balaban J connectivity index is 1.99. The summed E-state index contributed by atoms with van der Waals surface area (Å²) in [5.41, 5.74) is 0.715. The van der Waals surface area contributed by atoms with Crippen LogP contribution in [0.1, 0.15) is 18.5 Å². The summed E-state index contributed by atoms with van der Waals surface area (Å²) in [5, 5.41) is 3.71. The van der Waals surface area contributed by atoms with Crippen LogP contribution in [0.4, 0.5) is 0 Å². The summed E-state index contributed by atoms with van der Waals surface area (Å²) in [6.07, 6.45) is 1.94. The molecule has 5 nitrogen and oxygen atoms in total. The zero-order valence-corrected chi connectivity index (χ0v) is 7.60. The lowest BCUT2D eigenvalue weighted by molar-refractivity contribution is -0.139. The fourth-order valence-electron chi connectivity index (χ4n) is 1.44. The molecule has 0 spiro atoms. The van der Waals surface area contributed by atoms with Crippen LogP contribution in [0.5, 0.6) is 0 Å². The molecule has 74 valence electrons. The van der Waals surface area contributed by atoms with Crippen LogP contribution in [0.2, 0.25) is 0 Å². The molecule has 1 aromatic heterocycles. The van der Waals surface area contributed by atoms with E-state index in [1.807, 2.05) is 0 Å². The molecule has 0 aliphatic carbocycles. The number of hydrogen-bond donors (Lipinski definition) is 0. The molecular weight excluding hydrogens is 184 g/mol. The van der Waals surface area contributed by atoms with E-state index >= 15 is 0 Å². The Labute approximate surface area is 80.7 Å². The van der Waals surface area contributed by atoms with Crippen molar-refractivity contribution in [3.05, 3.63) is 18.0 Å². The normalized spacial score (nSPS) is 17.6. The summed E-state index contributed by atoms with van der Waals surface area (Å²) in [6, 6.07) is 1.71. The van der Waals surface area contributed by atoms with Crippen LogP contribution in [0.15, 0.2) is 16.9 Å². The molecule has 2 heterocycles. The van der Waals surface area contributed by atoms with E-state index in [2.05, 4.69) is 9.68 Å². The van der Waals surface area contributed by atoms with Crippen molar-refractivity contribution in [2.24, 2.45) is 0 Å². The number of nitrogens with zero attached hydrogens (tertiary/aromatic N) is 2. The molecule has 5 heteroatoms. The third kappa shape index (κ3) is 1.81. The Hall–Kier alpha value is -1.65. The van der Waals surface area contributed by atoms with Crippen molar-refractivity contribution in [2.75, 3.05) is 6.54 Å². The maximum Gasteiger partial charge on any atom is 0.230 e. The quantitative estimate of drug-likeness (QED) is 0.638. The summed E-state index contributed by atoms with van der Waals surface area (Å²) in [7, 11) is 0. The second kappa shape index (κ2) is 3.61. The number of piperidine rings is 1. The number of hydrogen-bond acceptors (Lipinski definition) is 4. The smallest absolute Gasteiger partial charge is 0.230 e. The lowest BCUT2D eigenvalue weighted by Gasteiger charge is -2.24. The molecule has 0 saturated carbocycles. The number of carbonyl (C=O) groups excluding carboxylic acids is 2. The van der Waals surface area contributed by atoms with Crippen LogP contribution in [-0.2, 0) is 16.1 Å². The predicted octanol–water partition coefficient (Wildman–Crippen LogP) is 0.366. The molecule has 1 fully saturated rings. The number of ketones is 1. The van der Waals surface area contributed by atoms with Gasteiger partial charge >= 0.3 is 0 Å². The van der Waals surface area contributed by atoms with Gasteiger partial charge in [-0.15, -0.1) is 0 Å². The Kier molecular flexibility index (Phi) is 2.30. The third-order valence-electron chi connectivity index (χ3n) is 2.21. The first-order valence-electron chi connectivity index (χ1n) is 4.44. The van der Waals surface area contributed by atoms with Crippen molar-refractivity contribution in [3.63, 3.8) is 0 Å². The van der Waals surface area contributed by atoms with Crippen molar-refractivity contribution in [1.82, 2.24) is 10.1 Å². The zero-order chi connectivity index (χ0) is 9.97. The summed E-state index contributed by atoms with van der Waals surface area (Å²) in [4.78, 5) is 23.9. The Morgan fingerprint density at radius 2 is 2.36 bits per heavy atom. The van der Waals surface area contributed by atoms with Crippen LogP contribution < -0.4 is 0 Å². The van der Waals surface area contributed by atoms with Crippen molar-refractivity contribution >= 4 is 11.7 Å². The van der Waals surface area contributed by atoms with Crippen LogP contribution in [-0.4, -0.2) is 28.3 Å². The molecule has 0 bridgehead atoms. The van der Waals surface area contributed by atoms with Gasteiger partial charge in [0.15, 0.2) is 0 Å². The van der Waals surface area contributed by atoms with Gasteiger partial charge < -0.3 is 9.42 Å². The molecule has 0 unspecified atom stereocenters. The minimum absolute atomic E-state index is 0.0198. The standard InChI is InChI=1S/C9H10N2O3/c12-8-1-3-11(9(13)5-8)6-7-2-4-14-10-7/h2,4H,1,3,5-6H2. The number of likely N-dealkylation sites (tertiary alicyclic amines) is 1. The summed E-state index contributed by atoms with van der Waals surface area (Å²) < 4.78 is 4.66. The van der Waals surface area contributed by atoms with Gasteiger partial charge in [-0.25, -0.2) is 0 Å². The Morgan fingerprint density at radius 3 is 3.00 bits per heavy atom. The lowest BCUT2D eigenvalue weighted by Crippen LogP contribution is -2.38. The third-order valence-corrected chi connectivity index (χ3v) is 2.21. The molecule has 1 saturated heterocycles. The van der Waals surface area contributed by atoms with Gasteiger partial charge in [0.2, 0.25) is 5.91 Å². The van der Waals surface area contributed by atoms with E-state index in [9.17, 15) is 9.59 Å². The van der Waals surface area contributed by atoms with E-state index < -0.39 is 0 Å². The number of rotatable bonds is 2. The van der Waals surface area contributed by atoms with Gasteiger partial charge in [-0.1, -0.05) is 5.16 Å². The van der Waals surface area contributed by atoms with E-state index in [1.165, 1.54) is 6.26 Å². The Morgan fingerprint density at radius 1 is 1.50 bits per heavy atom. The highest BCUT2D eigenvalue weighted by Gasteiger charge is 2.23. The summed E-state index contributed by atoms with van der Waals surface area (Å²) in [6.45, 7) is 0.924. The largest absolute Gasteiger partial charge is 0.364 e. The van der Waals surface area contributed by atoms with Gasteiger partial charge in [-0.2, -0.15) is 0 Å². The molecule has 0 N–H and O–H groups in total. The Bertz CT molecular complexity index is 345. The number of amides is 1. The van der Waals surface area contributed by atoms with Gasteiger partial charge in [0, 0.05) is 19.0 Å². The van der Waals surface area contributed by atoms with Gasteiger partial charge in [-0.05, 0) is 0 Å². The molecule has 1 aliphatic rings. The topological polar surface area (TPSA) is 63.4 Å². The minimum Gasteiger partial charge on any atom is -0.364 e. The monoisotopic (exact) mass is 194 g/mol. The minimum atomic E-state index is -0.121. The van der Waals surface area contributed by atoms with Gasteiger partial charge in [0.05, 0.1) is 13.0 Å². The molecule has 1 amide bonds. The van der Waals surface area contributed by atoms with Gasteiger partial charge in [-0.3, -0.25) is 9.59 Å². The number of carbonyl (C=O) groups is 2. The summed E-state index contributed by atoms with van der Waals surface area (Å²) in [5.74, 6) is -0.101. The second-order valence-corrected chi connectivity index (χ2v) is 3.27. The van der Waals surface area contributed by atoms with Crippen molar-refractivity contribution in [2.45, 2.75) is 19.4 Å². The van der Waals surface area contributed by atoms with E-state index in [4.69, 9.17) is 0 Å². The molecule has 1 aromatic rings. The van der Waals surface area contributed by atoms with E-state index in [0.29, 0.717) is 25.2 Å². The molecule has 1 aliphatic heterocycles. The molecule has 0 atom stereocenters. The average molecular weight is 194 g/mol. The maximum absolute atomic E-state index is 11.4. The molecule has 0 radical (unpaired) electrons. The van der Waals surface area contributed by atoms with E-state index in [-0.39, 0.29) is 18.1 Å². The highest BCUT2D eigenvalue weighted by molar-refractivity contribution is 6.00. The van der Waals surface area contributed by atoms with Crippen LogP contribution >= 0.6 is 0 Å². The van der Waals surface area contributed by atoms with Crippen molar-refractivity contribution in [1.29, 1.82) is 0 Å². The van der Waals surface area contributed by atoms with Crippen LogP contribution in [0.25, 0.3) is 0 Å². The first-order chi connectivity index (χ1) is 6.75. The predicted molar refractivity (Wildman–Crippen MR) is 46.2 cm³/mol. The highest BCUT2D eigenvalue weighted by atomic mass is 16.5. The van der Waals surface area contributed by atoms with Crippen molar-refractivity contribution < 1.29 is 14.1 Å². The molecule has 14 heavy (non-hydrogen) atoms. The number of Topliss-reactive ketones (excluding diaryl/α,β-unsaturated/α-hetero) is 1. The molecular formula is C9H10N2O3. The summed E-state index contributed by atoms with van der Waals surface area (Å²) >= 11 is 0. The average Bonchev–Trinajstić information content (AvgIpc) is 2.62. The first kappa shape index (κ1) is 8.93. The first-order valence-corrected chi connectivity index (χ1v) is 4.44. The lowest BCUT2D eigenvalue weighted by atomic mass is 10.1. The fraction of sp³-hybridized carbons (Fsp3) is 0.444. The van der Waals surface area contributed by atoms with E-state index in [1.54, 1.807) is 11.0 Å². The van der Waals surface area contributed by atoms with Gasteiger partial charge in [0.25, 0.3) is 0 Å². The van der Waals surface area contributed by atoms with Crippen LogP contribution in [0.3, 0.4) is 0 Å². The SMILES string of the molecule is O=C1CCN(Cc2ccon2)C(=O)C1. The molecule has 2 rings (SSSR count). The van der Waals surface area contributed by atoms with E-state index in [0.717, 1.165) is 0 Å². The maximum atomic E-state index is 11.4. The molecule has 0 aromatic carbocycles. The van der Waals surface area contributed by atoms with Crippen molar-refractivity contribution in [3.8, 4) is 0 Å². The van der Waals surface area contributed by atoms with Gasteiger partial charge in [0.1, 0.15) is 17.7 Å².